The molecule has 0 saturated heterocycles. The van der Waals surface area contributed by atoms with Gasteiger partial charge in [0.25, 0.3) is 5.91 Å². The average molecular weight is 526 g/mol. The molecule has 1 unspecified atom stereocenters. The first-order valence-electron chi connectivity index (χ1n) is 11.8. The molecule has 4 rings (SSSR count). The number of carbonyl (C=O) groups excluding carboxylic acids is 1. The fourth-order valence-electron chi connectivity index (χ4n) is 4.03. The standard InChI is InChI=1S/C28H23F4N3O3/c29-20-13-10-17(11-14-20)25-22(8-4-5-9-24(36)37)33-23-16-19(12-15-21(23)34-25)27(38)35-26(28(30,31)32)18-6-2-1-3-7-18/h1-3,6-7,10-16,26H,4-5,8-9H2,(H,35,38)(H,36,37). The molecule has 3 aromatic carbocycles. The summed E-state index contributed by atoms with van der Waals surface area (Å²) in [4.78, 5) is 33.0. The molecule has 1 atom stereocenters. The van der Waals surface area contributed by atoms with Gasteiger partial charge in [-0.2, -0.15) is 13.2 Å². The van der Waals surface area contributed by atoms with Gasteiger partial charge in [-0.25, -0.2) is 14.4 Å². The molecule has 0 fully saturated rings. The normalized spacial score (nSPS) is 12.3. The number of halogens is 4. The minimum atomic E-state index is -4.71. The summed E-state index contributed by atoms with van der Waals surface area (Å²) >= 11 is 0. The number of fused-ring (bicyclic) bond motifs is 1. The van der Waals surface area contributed by atoms with Crippen molar-refractivity contribution in [3.05, 3.63) is 95.4 Å². The molecule has 4 aromatic rings. The Morgan fingerprint density at radius 2 is 1.61 bits per heavy atom. The Hall–Kier alpha value is -4.34. The highest BCUT2D eigenvalue weighted by Crippen LogP contribution is 2.33. The number of alkyl halides is 3. The number of benzene rings is 3. The Bertz CT molecular complexity index is 1440. The molecule has 38 heavy (non-hydrogen) atoms. The molecule has 0 saturated carbocycles. The Kier molecular flexibility index (Phi) is 7.99. The number of carboxylic acids is 1. The molecule has 0 bridgehead atoms. The van der Waals surface area contributed by atoms with Crippen molar-refractivity contribution in [2.75, 3.05) is 0 Å². The minimum absolute atomic E-state index is 0.0149. The monoisotopic (exact) mass is 525 g/mol. The van der Waals surface area contributed by atoms with Crippen molar-refractivity contribution in [2.24, 2.45) is 0 Å². The van der Waals surface area contributed by atoms with Crippen molar-refractivity contribution < 1.29 is 32.3 Å². The summed E-state index contributed by atoms with van der Waals surface area (Å²) < 4.78 is 54.6. The van der Waals surface area contributed by atoms with Crippen LogP contribution in [-0.2, 0) is 11.2 Å². The van der Waals surface area contributed by atoms with Gasteiger partial charge in [0, 0.05) is 17.5 Å². The number of aromatic nitrogens is 2. The van der Waals surface area contributed by atoms with E-state index < -0.39 is 29.9 Å². The molecule has 2 N–H and O–H groups in total. The molecular weight excluding hydrogens is 502 g/mol. The van der Waals surface area contributed by atoms with Crippen LogP contribution >= 0.6 is 0 Å². The van der Waals surface area contributed by atoms with Gasteiger partial charge in [-0.05, 0) is 67.3 Å². The third-order valence-electron chi connectivity index (χ3n) is 5.91. The zero-order valence-corrected chi connectivity index (χ0v) is 20.0. The van der Waals surface area contributed by atoms with E-state index in [0.717, 1.165) is 0 Å². The van der Waals surface area contributed by atoms with Crippen LogP contribution < -0.4 is 5.32 Å². The molecule has 0 aliphatic carbocycles. The maximum absolute atomic E-state index is 13.7. The van der Waals surface area contributed by atoms with E-state index in [0.29, 0.717) is 47.2 Å². The highest BCUT2D eigenvalue weighted by atomic mass is 19.4. The van der Waals surface area contributed by atoms with Gasteiger partial charge in [0.1, 0.15) is 5.82 Å². The fraction of sp³-hybridized carbons (Fsp3) is 0.214. The van der Waals surface area contributed by atoms with Crippen LogP contribution in [0.15, 0.2) is 72.8 Å². The quantitative estimate of drug-likeness (QED) is 0.199. The largest absolute Gasteiger partial charge is 0.481 e. The smallest absolute Gasteiger partial charge is 0.412 e. The average Bonchev–Trinajstić information content (AvgIpc) is 2.89. The maximum atomic E-state index is 13.7. The van der Waals surface area contributed by atoms with E-state index in [1.165, 1.54) is 54.6 Å². The first-order chi connectivity index (χ1) is 18.1. The van der Waals surface area contributed by atoms with Crippen LogP contribution in [0, 0.1) is 5.82 Å². The minimum Gasteiger partial charge on any atom is -0.481 e. The predicted octanol–water partition coefficient (Wildman–Crippen LogP) is 6.27. The second kappa shape index (κ2) is 11.4. The first-order valence-corrected chi connectivity index (χ1v) is 11.8. The number of nitrogens with zero attached hydrogens (tertiary/aromatic N) is 2. The van der Waals surface area contributed by atoms with E-state index in [2.05, 4.69) is 15.3 Å². The van der Waals surface area contributed by atoms with Crippen LogP contribution in [0.3, 0.4) is 0 Å². The summed E-state index contributed by atoms with van der Waals surface area (Å²) in [6.07, 6.45) is -3.47. The third kappa shape index (κ3) is 6.50. The van der Waals surface area contributed by atoms with E-state index in [1.54, 1.807) is 18.2 Å². The molecule has 1 heterocycles. The van der Waals surface area contributed by atoms with Gasteiger partial charge in [0.2, 0.25) is 0 Å². The number of unbranched alkanes of at least 4 members (excludes halogenated alkanes) is 1. The van der Waals surface area contributed by atoms with Crippen molar-refractivity contribution in [1.82, 2.24) is 15.3 Å². The number of aryl methyl sites for hydroxylation is 1. The summed E-state index contributed by atoms with van der Waals surface area (Å²) in [6.45, 7) is 0. The van der Waals surface area contributed by atoms with Crippen LogP contribution in [0.1, 0.15) is 46.9 Å². The van der Waals surface area contributed by atoms with Gasteiger partial charge in [0.05, 0.1) is 22.4 Å². The van der Waals surface area contributed by atoms with Crippen LogP contribution in [0.5, 0.6) is 0 Å². The van der Waals surface area contributed by atoms with Gasteiger partial charge in [-0.15, -0.1) is 0 Å². The van der Waals surface area contributed by atoms with Crippen LogP contribution in [0.2, 0.25) is 0 Å². The lowest BCUT2D eigenvalue weighted by Crippen LogP contribution is -2.38. The van der Waals surface area contributed by atoms with Gasteiger partial charge < -0.3 is 10.4 Å². The molecule has 1 amide bonds. The van der Waals surface area contributed by atoms with Gasteiger partial charge in [-0.1, -0.05) is 30.3 Å². The molecule has 0 aliphatic heterocycles. The van der Waals surface area contributed by atoms with Crippen LogP contribution in [-0.4, -0.2) is 33.1 Å². The number of amides is 1. The zero-order valence-electron chi connectivity index (χ0n) is 20.0. The van der Waals surface area contributed by atoms with Crippen molar-refractivity contribution in [1.29, 1.82) is 0 Å². The van der Waals surface area contributed by atoms with Gasteiger partial charge in [0.15, 0.2) is 6.04 Å². The number of hydrogen-bond donors (Lipinski definition) is 2. The van der Waals surface area contributed by atoms with E-state index in [9.17, 15) is 27.2 Å². The molecule has 0 aliphatic rings. The van der Waals surface area contributed by atoms with E-state index in [4.69, 9.17) is 5.11 Å². The van der Waals surface area contributed by atoms with Crippen molar-refractivity contribution in [2.45, 2.75) is 37.9 Å². The summed E-state index contributed by atoms with van der Waals surface area (Å²) in [7, 11) is 0. The lowest BCUT2D eigenvalue weighted by Gasteiger charge is -2.22. The highest BCUT2D eigenvalue weighted by Gasteiger charge is 2.42. The van der Waals surface area contributed by atoms with E-state index >= 15 is 0 Å². The Morgan fingerprint density at radius 3 is 2.26 bits per heavy atom. The second-order valence-electron chi connectivity index (χ2n) is 8.69. The van der Waals surface area contributed by atoms with Crippen LogP contribution in [0.25, 0.3) is 22.3 Å². The molecular formula is C28H23F4N3O3. The lowest BCUT2D eigenvalue weighted by molar-refractivity contribution is -0.155. The third-order valence-corrected chi connectivity index (χ3v) is 5.91. The Labute approximate surface area is 215 Å². The summed E-state index contributed by atoms with van der Waals surface area (Å²) in [6, 6.07) is 14.8. The van der Waals surface area contributed by atoms with Crippen LogP contribution in [0.4, 0.5) is 17.6 Å². The Balaban J connectivity index is 1.67. The lowest BCUT2D eigenvalue weighted by atomic mass is 10.0. The number of hydrogen-bond acceptors (Lipinski definition) is 4. The number of nitrogens with one attached hydrogen (secondary N) is 1. The maximum Gasteiger partial charge on any atom is 0.412 e. The number of rotatable bonds is 9. The number of carboxylic acid groups (broad SMARTS) is 1. The molecule has 0 spiro atoms. The highest BCUT2D eigenvalue weighted by molar-refractivity contribution is 5.97. The van der Waals surface area contributed by atoms with Crippen molar-refractivity contribution in [3.8, 4) is 11.3 Å². The first kappa shape index (κ1) is 26.7. The summed E-state index contributed by atoms with van der Waals surface area (Å²) in [5, 5.41) is 11.0. The summed E-state index contributed by atoms with van der Waals surface area (Å²) in [5.74, 6) is -2.27. The van der Waals surface area contributed by atoms with Gasteiger partial charge >= 0.3 is 12.1 Å². The molecule has 196 valence electrons. The number of aliphatic carboxylic acids is 1. The number of carbonyl (C=O) groups is 2. The van der Waals surface area contributed by atoms with Crippen molar-refractivity contribution in [3.63, 3.8) is 0 Å². The van der Waals surface area contributed by atoms with Gasteiger partial charge in [-0.3, -0.25) is 9.59 Å². The SMILES string of the molecule is O=C(O)CCCCc1nc2cc(C(=O)NC(c3ccccc3)C(F)(F)F)ccc2nc1-c1ccc(F)cc1. The molecule has 1 aromatic heterocycles. The topological polar surface area (TPSA) is 92.2 Å². The van der Waals surface area contributed by atoms with E-state index in [-0.39, 0.29) is 17.5 Å². The fourth-order valence-corrected chi connectivity index (χ4v) is 4.03. The molecule has 6 nitrogen and oxygen atoms in total. The molecule has 10 heteroatoms. The Morgan fingerprint density at radius 1 is 0.895 bits per heavy atom. The predicted molar refractivity (Wildman–Crippen MR) is 133 cm³/mol. The zero-order chi connectivity index (χ0) is 27.3. The van der Waals surface area contributed by atoms with E-state index in [1.807, 2.05) is 0 Å². The van der Waals surface area contributed by atoms with Crippen molar-refractivity contribution >= 4 is 22.9 Å². The molecule has 0 radical (unpaired) electrons. The second-order valence-corrected chi connectivity index (χ2v) is 8.69. The summed E-state index contributed by atoms with van der Waals surface area (Å²) in [5.41, 5.74) is 2.15.